The van der Waals surface area contributed by atoms with Crippen molar-refractivity contribution in [2.45, 2.75) is 25.4 Å². The van der Waals surface area contributed by atoms with E-state index in [2.05, 4.69) is 9.98 Å². The van der Waals surface area contributed by atoms with Gasteiger partial charge in [0.2, 0.25) is 10.0 Å². The van der Waals surface area contributed by atoms with Crippen molar-refractivity contribution >= 4 is 16.2 Å². The summed E-state index contributed by atoms with van der Waals surface area (Å²) in [4.78, 5) is 7.78. The van der Waals surface area contributed by atoms with E-state index in [0.29, 0.717) is 16.7 Å². The maximum Gasteiger partial charge on any atom is 0.419 e. The third-order valence-corrected chi connectivity index (χ3v) is 6.29. The van der Waals surface area contributed by atoms with Crippen molar-refractivity contribution in [3.8, 4) is 11.3 Å². The standard InChI is InChI=1S/C18H16F6N4O2S/c1-3-31(29,30)28-10-13(18(22,23)24)8-25-16(28)15-26-9-14(27(15)2)11-5-4-6-12(7-11)17(19,20)21/h4-10,16H,3H2,1-2H3. The lowest BCUT2D eigenvalue weighted by Gasteiger charge is -2.30. The second-order valence-corrected chi connectivity index (χ2v) is 8.77. The van der Waals surface area contributed by atoms with E-state index >= 15 is 0 Å². The van der Waals surface area contributed by atoms with Gasteiger partial charge in [0.05, 0.1) is 28.8 Å². The Bertz CT molecular complexity index is 1150. The summed E-state index contributed by atoms with van der Waals surface area (Å²) in [6.45, 7) is 1.26. The number of imidazole rings is 1. The first-order valence-electron chi connectivity index (χ1n) is 8.78. The summed E-state index contributed by atoms with van der Waals surface area (Å²) < 4.78 is 105. The first-order valence-corrected chi connectivity index (χ1v) is 10.4. The minimum Gasteiger partial charge on any atom is -0.328 e. The van der Waals surface area contributed by atoms with Crippen LogP contribution in [0.3, 0.4) is 0 Å². The van der Waals surface area contributed by atoms with E-state index in [4.69, 9.17) is 0 Å². The minimum absolute atomic E-state index is 0.0573. The van der Waals surface area contributed by atoms with Crippen LogP contribution in [0.1, 0.15) is 24.5 Å². The number of hydrogen-bond acceptors (Lipinski definition) is 4. The number of sulfonamides is 1. The summed E-state index contributed by atoms with van der Waals surface area (Å²) in [6.07, 6.45) is -8.68. The molecule has 0 saturated carbocycles. The van der Waals surface area contributed by atoms with Crippen molar-refractivity contribution in [1.82, 2.24) is 13.9 Å². The quantitative estimate of drug-likeness (QED) is 0.632. The zero-order valence-electron chi connectivity index (χ0n) is 16.1. The molecule has 0 N–H and O–H groups in total. The number of hydrogen-bond donors (Lipinski definition) is 0. The van der Waals surface area contributed by atoms with Crippen LogP contribution >= 0.6 is 0 Å². The smallest absolute Gasteiger partial charge is 0.328 e. The van der Waals surface area contributed by atoms with Gasteiger partial charge >= 0.3 is 12.4 Å². The van der Waals surface area contributed by atoms with Gasteiger partial charge < -0.3 is 4.57 Å². The average Bonchev–Trinajstić information content (AvgIpc) is 3.07. The molecule has 6 nitrogen and oxygen atoms in total. The van der Waals surface area contributed by atoms with Gasteiger partial charge in [-0.25, -0.2) is 17.7 Å². The number of benzene rings is 1. The fraction of sp³-hybridized carbons (Fsp3) is 0.333. The Kier molecular flexibility index (Phi) is 5.67. The summed E-state index contributed by atoms with van der Waals surface area (Å²) in [5, 5.41) is 0. The van der Waals surface area contributed by atoms with Crippen LogP contribution in [0.4, 0.5) is 26.3 Å². The molecule has 1 aliphatic heterocycles. The maximum absolute atomic E-state index is 13.1. The largest absolute Gasteiger partial charge is 0.419 e. The Morgan fingerprint density at radius 2 is 1.77 bits per heavy atom. The van der Waals surface area contributed by atoms with Gasteiger partial charge in [0.25, 0.3) is 0 Å². The molecule has 31 heavy (non-hydrogen) atoms. The van der Waals surface area contributed by atoms with Crippen molar-refractivity contribution in [3.05, 3.63) is 53.6 Å². The Morgan fingerprint density at radius 3 is 2.35 bits per heavy atom. The summed E-state index contributed by atoms with van der Waals surface area (Å²) in [5.74, 6) is -0.552. The van der Waals surface area contributed by atoms with Crippen LogP contribution < -0.4 is 0 Å². The SMILES string of the molecule is CCS(=O)(=O)N1C=C(C(F)(F)F)C=NC1c1ncc(-c2cccc(C(F)(F)F)c2)n1C. The van der Waals surface area contributed by atoms with Crippen molar-refractivity contribution < 1.29 is 34.8 Å². The van der Waals surface area contributed by atoms with E-state index in [1.165, 1.54) is 36.9 Å². The average molecular weight is 466 g/mol. The van der Waals surface area contributed by atoms with Gasteiger partial charge in [-0.05, 0) is 19.1 Å². The summed E-state index contributed by atoms with van der Waals surface area (Å²) >= 11 is 0. The van der Waals surface area contributed by atoms with Crippen LogP contribution in [0, 0.1) is 0 Å². The summed E-state index contributed by atoms with van der Waals surface area (Å²) in [5.41, 5.74) is -1.80. The number of halogens is 6. The second-order valence-electron chi connectivity index (χ2n) is 6.60. The Balaban J connectivity index is 2.07. The molecule has 0 fully saturated rings. The predicted molar refractivity (Wildman–Crippen MR) is 100 cm³/mol. The highest BCUT2D eigenvalue weighted by molar-refractivity contribution is 7.89. The third kappa shape index (κ3) is 4.45. The molecule has 168 valence electrons. The van der Waals surface area contributed by atoms with Gasteiger partial charge in [-0.2, -0.15) is 26.3 Å². The van der Waals surface area contributed by atoms with E-state index in [1.54, 1.807) is 0 Å². The maximum atomic E-state index is 13.1. The summed E-state index contributed by atoms with van der Waals surface area (Å²) in [6, 6.07) is 4.40. The molecular weight excluding hydrogens is 450 g/mol. The van der Waals surface area contributed by atoms with Crippen LogP contribution in [0.2, 0.25) is 0 Å². The molecule has 1 aromatic heterocycles. The fourth-order valence-electron chi connectivity index (χ4n) is 2.95. The van der Waals surface area contributed by atoms with E-state index in [9.17, 15) is 34.8 Å². The monoisotopic (exact) mass is 466 g/mol. The van der Waals surface area contributed by atoms with Gasteiger partial charge in [-0.1, -0.05) is 12.1 Å². The highest BCUT2D eigenvalue weighted by atomic mass is 32.2. The van der Waals surface area contributed by atoms with E-state index in [0.717, 1.165) is 12.1 Å². The molecule has 2 aromatic rings. The molecule has 1 aliphatic rings. The molecule has 2 heterocycles. The van der Waals surface area contributed by atoms with Gasteiger partial charge in [0.15, 0.2) is 12.0 Å². The Hall–Kier alpha value is -2.83. The van der Waals surface area contributed by atoms with E-state index in [1.807, 2.05) is 0 Å². The van der Waals surface area contributed by atoms with Gasteiger partial charge in [-0.15, -0.1) is 0 Å². The molecule has 0 radical (unpaired) electrons. The van der Waals surface area contributed by atoms with Crippen molar-refractivity contribution in [3.63, 3.8) is 0 Å². The summed E-state index contributed by atoms with van der Waals surface area (Å²) in [7, 11) is -2.76. The zero-order valence-corrected chi connectivity index (χ0v) is 16.9. The first-order chi connectivity index (χ1) is 14.3. The molecule has 1 atom stereocenters. The molecule has 0 spiro atoms. The van der Waals surface area contributed by atoms with Gasteiger partial charge in [0, 0.05) is 25.0 Å². The zero-order chi connectivity index (χ0) is 23.2. The number of allylic oxidation sites excluding steroid dienone is 1. The number of nitrogens with zero attached hydrogens (tertiary/aromatic N) is 4. The molecule has 0 saturated heterocycles. The third-order valence-electron chi connectivity index (χ3n) is 4.62. The van der Waals surface area contributed by atoms with Crippen molar-refractivity contribution in [2.24, 2.45) is 12.0 Å². The molecule has 0 aliphatic carbocycles. The number of aromatic nitrogens is 2. The Morgan fingerprint density at radius 1 is 1.10 bits per heavy atom. The molecule has 0 amide bonds. The molecule has 0 bridgehead atoms. The molecule has 1 unspecified atom stereocenters. The van der Waals surface area contributed by atoms with Crippen LogP contribution in [0.25, 0.3) is 11.3 Å². The number of rotatable bonds is 4. The lowest BCUT2D eigenvalue weighted by Crippen LogP contribution is -2.36. The van der Waals surface area contributed by atoms with Gasteiger partial charge in [0.1, 0.15) is 0 Å². The van der Waals surface area contributed by atoms with Crippen LogP contribution in [0.5, 0.6) is 0 Å². The fourth-order valence-corrected chi connectivity index (χ4v) is 3.98. The molecule has 3 rings (SSSR count). The van der Waals surface area contributed by atoms with Crippen LogP contribution in [0.15, 0.2) is 47.2 Å². The topological polar surface area (TPSA) is 67.6 Å². The van der Waals surface area contributed by atoms with Crippen LogP contribution in [-0.4, -0.2) is 40.4 Å². The van der Waals surface area contributed by atoms with Crippen LogP contribution in [-0.2, 0) is 23.2 Å². The highest BCUT2D eigenvalue weighted by Gasteiger charge is 2.40. The van der Waals surface area contributed by atoms with Crippen molar-refractivity contribution in [2.75, 3.05) is 5.75 Å². The minimum atomic E-state index is -4.82. The molecular formula is C18H16F6N4O2S. The Labute approximate surface area is 173 Å². The van der Waals surface area contributed by atoms with Crippen molar-refractivity contribution in [1.29, 1.82) is 0 Å². The molecule has 13 heteroatoms. The number of alkyl halides is 6. The lowest BCUT2D eigenvalue weighted by atomic mass is 10.1. The lowest BCUT2D eigenvalue weighted by molar-refractivity contribution is -0.137. The van der Waals surface area contributed by atoms with Gasteiger partial charge in [-0.3, -0.25) is 4.99 Å². The first kappa shape index (κ1) is 22.8. The number of aliphatic imine (C=N–C) groups is 1. The van der Waals surface area contributed by atoms with E-state index < -0.39 is 45.4 Å². The second kappa shape index (κ2) is 7.70. The molecule has 1 aromatic carbocycles. The highest BCUT2D eigenvalue weighted by Crippen LogP contribution is 2.36. The predicted octanol–water partition coefficient (Wildman–Crippen LogP) is 4.29. The normalized spacial score (nSPS) is 17.7. The van der Waals surface area contributed by atoms with E-state index in [-0.39, 0.29) is 17.1 Å².